The molecule has 3 nitrogen and oxygen atoms in total. The van der Waals surface area contributed by atoms with Crippen LogP contribution in [0.2, 0.25) is 0 Å². The molecule has 0 aliphatic heterocycles. The van der Waals surface area contributed by atoms with Gasteiger partial charge in [-0.1, -0.05) is 51.5 Å². The number of rotatable bonds is 6. The standard InChI is InChI=1S/C14H18BrN3/c1-12(15)14-11-18(17-16-14)10-6-5-9-13-7-3-2-4-8-13/h2-4,7-8,11-12H,5-6,9-10H2,1H3. The molecule has 0 aliphatic rings. The maximum Gasteiger partial charge on any atom is 0.0960 e. The van der Waals surface area contributed by atoms with E-state index in [2.05, 4.69) is 63.5 Å². The average molecular weight is 308 g/mol. The molecule has 18 heavy (non-hydrogen) atoms. The summed E-state index contributed by atoms with van der Waals surface area (Å²) in [6.45, 7) is 3.00. The number of nitrogens with zero attached hydrogens (tertiary/aromatic N) is 3. The SMILES string of the molecule is CC(Br)c1cn(CCCCc2ccccc2)nn1. The summed E-state index contributed by atoms with van der Waals surface area (Å²) in [5, 5.41) is 8.24. The van der Waals surface area contributed by atoms with E-state index >= 15 is 0 Å². The van der Waals surface area contributed by atoms with Crippen LogP contribution in [0, 0.1) is 0 Å². The molecule has 96 valence electrons. The van der Waals surface area contributed by atoms with Gasteiger partial charge in [0.05, 0.1) is 10.5 Å². The number of alkyl halides is 1. The summed E-state index contributed by atoms with van der Waals surface area (Å²) in [6.07, 6.45) is 5.47. The van der Waals surface area contributed by atoms with Crippen molar-refractivity contribution in [2.75, 3.05) is 0 Å². The Morgan fingerprint density at radius 3 is 2.67 bits per heavy atom. The number of hydrogen-bond acceptors (Lipinski definition) is 2. The Morgan fingerprint density at radius 2 is 2.00 bits per heavy atom. The Hall–Kier alpha value is -1.16. The van der Waals surface area contributed by atoms with E-state index in [-0.39, 0.29) is 4.83 Å². The molecule has 0 aliphatic carbocycles. The van der Waals surface area contributed by atoms with E-state index in [4.69, 9.17) is 0 Å². The molecule has 0 N–H and O–H groups in total. The van der Waals surface area contributed by atoms with E-state index in [1.807, 2.05) is 10.9 Å². The molecule has 0 saturated heterocycles. The predicted molar refractivity (Wildman–Crippen MR) is 76.7 cm³/mol. The van der Waals surface area contributed by atoms with E-state index in [1.165, 1.54) is 12.0 Å². The zero-order valence-electron chi connectivity index (χ0n) is 10.6. The van der Waals surface area contributed by atoms with Gasteiger partial charge < -0.3 is 0 Å². The van der Waals surface area contributed by atoms with Crippen molar-refractivity contribution in [2.24, 2.45) is 0 Å². The summed E-state index contributed by atoms with van der Waals surface area (Å²) in [6, 6.07) is 10.6. The molecule has 2 aromatic rings. The molecule has 0 amide bonds. The second-order valence-corrected chi connectivity index (χ2v) is 5.84. The topological polar surface area (TPSA) is 30.7 Å². The summed E-state index contributed by atoms with van der Waals surface area (Å²) in [7, 11) is 0. The number of hydrogen-bond donors (Lipinski definition) is 0. The van der Waals surface area contributed by atoms with Crippen molar-refractivity contribution in [3.8, 4) is 0 Å². The van der Waals surface area contributed by atoms with Gasteiger partial charge in [0.2, 0.25) is 0 Å². The largest absolute Gasteiger partial charge is 0.252 e. The van der Waals surface area contributed by atoms with Crippen molar-refractivity contribution in [1.29, 1.82) is 0 Å². The smallest absolute Gasteiger partial charge is 0.0960 e. The predicted octanol–water partition coefficient (Wildman–Crippen LogP) is 3.76. The summed E-state index contributed by atoms with van der Waals surface area (Å²) in [5.74, 6) is 0. The average Bonchev–Trinajstić information content (AvgIpc) is 2.85. The van der Waals surface area contributed by atoms with Crippen LogP contribution in [0.3, 0.4) is 0 Å². The molecule has 1 aromatic heterocycles. The Bertz CT molecular complexity index is 465. The van der Waals surface area contributed by atoms with E-state index in [0.717, 1.165) is 25.1 Å². The fourth-order valence-corrected chi connectivity index (χ4v) is 2.06. The van der Waals surface area contributed by atoms with Crippen molar-refractivity contribution >= 4 is 15.9 Å². The Kier molecular flexibility index (Phi) is 4.93. The minimum atomic E-state index is 0.274. The van der Waals surface area contributed by atoms with Gasteiger partial charge >= 0.3 is 0 Å². The van der Waals surface area contributed by atoms with Crippen LogP contribution in [0.5, 0.6) is 0 Å². The number of halogens is 1. The van der Waals surface area contributed by atoms with E-state index in [0.29, 0.717) is 0 Å². The van der Waals surface area contributed by atoms with Crippen LogP contribution in [0.1, 0.15) is 35.8 Å². The quantitative estimate of drug-likeness (QED) is 0.601. The van der Waals surface area contributed by atoms with Crippen molar-refractivity contribution in [1.82, 2.24) is 15.0 Å². The highest BCUT2D eigenvalue weighted by atomic mass is 79.9. The molecule has 1 heterocycles. The van der Waals surface area contributed by atoms with Crippen LogP contribution in [-0.2, 0) is 13.0 Å². The normalized spacial score (nSPS) is 12.6. The van der Waals surface area contributed by atoms with Crippen LogP contribution in [-0.4, -0.2) is 15.0 Å². The van der Waals surface area contributed by atoms with Gasteiger partial charge in [0.1, 0.15) is 0 Å². The molecule has 1 atom stereocenters. The lowest BCUT2D eigenvalue weighted by atomic mass is 10.1. The highest BCUT2D eigenvalue weighted by Gasteiger charge is 2.05. The molecule has 0 radical (unpaired) electrons. The van der Waals surface area contributed by atoms with Crippen LogP contribution in [0.25, 0.3) is 0 Å². The second kappa shape index (κ2) is 6.69. The lowest BCUT2D eigenvalue weighted by Gasteiger charge is -2.01. The van der Waals surface area contributed by atoms with Gasteiger partial charge in [-0.05, 0) is 31.7 Å². The van der Waals surface area contributed by atoms with Gasteiger partial charge in [0.25, 0.3) is 0 Å². The van der Waals surface area contributed by atoms with Gasteiger partial charge in [-0.3, -0.25) is 4.68 Å². The highest BCUT2D eigenvalue weighted by Crippen LogP contribution is 2.18. The van der Waals surface area contributed by atoms with Gasteiger partial charge in [-0.2, -0.15) is 0 Å². The highest BCUT2D eigenvalue weighted by molar-refractivity contribution is 9.09. The zero-order chi connectivity index (χ0) is 12.8. The van der Waals surface area contributed by atoms with Gasteiger partial charge in [-0.15, -0.1) is 5.10 Å². The van der Waals surface area contributed by atoms with Gasteiger partial charge in [0, 0.05) is 12.7 Å². The third kappa shape index (κ3) is 3.95. The molecule has 4 heteroatoms. The van der Waals surface area contributed by atoms with Crippen molar-refractivity contribution in [3.05, 3.63) is 47.8 Å². The van der Waals surface area contributed by atoms with Crippen LogP contribution in [0.15, 0.2) is 36.5 Å². The summed E-state index contributed by atoms with van der Waals surface area (Å²) >= 11 is 3.49. The molecule has 0 spiro atoms. The maximum absolute atomic E-state index is 4.12. The Labute approximate surface area is 116 Å². The second-order valence-electron chi connectivity index (χ2n) is 4.47. The Balaban J connectivity index is 1.72. The molecule has 0 saturated carbocycles. The van der Waals surface area contributed by atoms with Crippen molar-refractivity contribution in [3.63, 3.8) is 0 Å². The number of benzene rings is 1. The lowest BCUT2D eigenvalue weighted by molar-refractivity contribution is 0.541. The minimum Gasteiger partial charge on any atom is -0.252 e. The van der Waals surface area contributed by atoms with E-state index in [1.54, 1.807) is 0 Å². The number of aromatic nitrogens is 3. The number of unbranched alkanes of at least 4 members (excludes halogenated alkanes) is 1. The van der Waals surface area contributed by atoms with E-state index < -0.39 is 0 Å². The van der Waals surface area contributed by atoms with Crippen LogP contribution in [0.4, 0.5) is 0 Å². The monoisotopic (exact) mass is 307 g/mol. The zero-order valence-corrected chi connectivity index (χ0v) is 12.2. The number of aryl methyl sites for hydroxylation is 2. The van der Waals surface area contributed by atoms with Gasteiger partial charge in [-0.25, -0.2) is 0 Å². The summed E-state index contributed by atoms with van der Waals surface area (Å²) < 4.78 is 1.93. The molecular weight excluding hydrogens is 290 g/mol. The minimum absolute atomic E-state index is 0.274. The summed E-state index contributed by atoms with van der Waals surface area (Å²) in [5.41, 5.74) is 2.41. The van der Waals surface area contributed by atoms with Crippen molar-refractivity contribution in [2.45, 2.75) is 37.6 Å². The molecule has 2 rings (SSSR count). The van der Waals surface area contributed by atoms with Crippen LogP contribution < -0.4 is 0 Å². The molecular formula is C14H18BrN3. The first kappa shape index (κ1) is 13.3. The molecule has 0 fully saturated rings. The third-order valence-corrected chi connectivity index (χ3v) is 3.38. The molecule has 0 bridgehead atoms. The fraction of sp³-hybridized carbons (Fsp3) is 0.429. The third-order valence-electron chi connectivity index (χ3n) is 2.91. The van der Waals surface area contributed by atoms with Crippen molar-refractivity contribution < 1.29 is 0 Å². The van der Waals surface area contributed by atoms with Gasteiger partial charge in [0.15, 0.2) is 0 Å². The van der Waals surface area contributed by atoms with E-state index in [9.17, 15) is 0 Å². The summed E-state index contributed by atoms with van der Waals surface area (Å²) in [4.78, 5) is 0.274. The first-order valence-corrected chi connectivity index (χ1v) is 7.25. The fourth-order valence-electron chi connectivity index (χ4n) is 1.85. The molecule has 1 unspecified atom stereocenters. The molecule has 1 aromatic carbocycles. The van der Waals surface area contributed by atoms with Crippen LogP contribution >= 0.6 is 15.9 Å². The Morgan fingerprint density at radius 1 is 1.22 bits per heavy atom. The lowest BCUT2D eigenvalue weighted by Crippen LogP contribution is -1.99. The first-order chi connectivity index (χ1) is 8.75. The maximum atomic E-state index is 4.12. The first-order valence-electron chi connectivity index (χ1n) is 6.34.